The summed E-state index contributed by atoms with van der Waals surface area (Å²) >= 11 is 0. The lowest BCUT2D eigenvalue weighted by atomic mass is 9.88. The normalized spacial score (nSPS) is 18.4. The highest BCUT2D eigenvalue weighted by Crippen LogP contribution is 2.39. The molecule has 2 atom stereocenters. The number of aromatic nitrogens is 1. The number of hydrogen-bond acceptors (Lipinski definition) is 6. The molecule has 2 aliphatic rings. The number of carboxylic acid groups (broad SMARTS) is 1. The molecular weight excluding hydrogens is 541 g/mol. The molecule has 222 valence electrons. The Balaban J connectivity index is 1.50. The number of aryl methyl sites for hydroxylation is 1. The Kier molecular flexibility index (Phi) is 8.37. The van der Waals surface area contributed by atoms with Gasteiger partial charge in [0, 0.05) is 55.1 Å². The number of amides is 3. The highest BCUT2D eigenvalue weighted by molar-refractivity contribution is 6.07. The van der Waals surface area contributed by atoms with Gasteiger partial charge in [-0.25, -0.2) is 19.0 Å². The van der Waals surface area contributed by atoms with Crippen LogP contribution in [0.3, 0.4) is 0 Å². The predicted octanol–water partition coefficient (Wildman–Crippen LogP) is 6.03. The lowest BCUT2D eigenvalue weighted by Gasteiger charge is -2.45. The fourth-order valence-electron chi connectivity index (χ4n) is 5.94. The molecule has 42 heavy (non-hydrogen) atoms. The summed E-state index contributed by atoms with van der Waals surface area (Å²) in [6.07, 6.45) is 3.38. The summed E-state index contributed by atoms with van der Waals surface area (Å²) in [7, 11) is 4.76. The van der Waals surface area contributed by atoms with Gasteiger partial charge in [-0.3, -0.25) is 9.80 Å². The number of nitrogens with one attached hydrogen (secondary N) is 1. The molecule has 2 aromatic carbocycles. The number of pyridine rings is 1. The molecular formula is C31H36FN5O5. The molecule has 1 aliphatic heterocycles. The topological polar surface area (TPSA) is 107 Å². The van der Waals surface area contributed by atoms with Crippen molar-refractivity contribution in [3.8, 4) is 11.5 Å². The molecule has 5 rings (SSSR count). The highest BCUT2D eigenvalue weighted by atomic mass is 19.1. The second-order valence-corrected chi connectivity index (χ2v) is 10.7. The van der Waals surface area contributed by atoms with Crippen molar-refractivity contribution in [1.29, 1.82) is 0 Å². The van der Waals surface area contributed by atoms with Gasteiger partial charge in [-0.2, -0.15) is 0 Å². The van der Waals surface area contributed by atoms with E-state index in [1.807, 2.05) is 24.3 Å². The summed E-state index contributed by atoms with van der Waals surface area (Å²) in [4.78, 5) is 35.1. The number of ether oxygens (including phenoxy) is 2. The Morgan fingerprint density at radius 2 is 2.00 bits per heavy atom. The first-order chi connectivity index (χ1) is 20.2. The average molecular weight is 578 g/mol. The number of rotatable bonds is 8. The smallest absolute Gasteiger partial charge is 0.407 e. The van der Waals surface area contributed by atoms with Crippen LogP contribution < -0.4 is 24.6 Å². The number of nitrogens with zero attached hydrogens (tertiary/aromatic N) is 4. The fourth-order valence-corrected chi connectivity index (χ4v) is 5.94. The first-order valence-electron chi connectivity index (χ1n) is 14.0. The van der Waals surface area contributed by atoms with E-state index in [-0.39, 0.29) is 30.3 Å². The number of benzene rings is 2. The van der Waals surface area contributed by atoms with Gasteiger partial charge in [0.2, 0.25) is 0 Å². The fraction of sp³-hybridized carbons (Fsp3) is 0.387. The van der Waals surface area contributed by atoms with Crippen LogP contribution >= 0.6 is 0 Å². The third-order valence-corrected chi connectivity index (χ3v) is 8.23. The van der Waals surface area contributed by atoms with Gasteiger partial charge in [-0.15, -0.1) is 0 Å². The third-order valence-electron chi connectivity index (χ3n) is 8.23. The van der Waals surface area contributed by atoms with Gasteiger partial charge in [0.1, 0.15) is 23.1 Å². The van der Waals surface area contributed by atoms with Gasteiger partial charge in [-0.1, -0.05) is 12.1 Å². The highest BCUT2D eigenvalue weighted by Gasteiger charge is 2.40. The van der Waals surface area contributed by atoms with Crippen LogP contribution in [-0.2, 0) is 13.1 Å². The van der Waals surface area contributed by atoms with Crippen LogP contribution in [0.1, 0.15) is 42.4 Å². The molecule has 2 unspecified atom stereocenters. The molecule has 3 aromatic rings. The van der Waals surface area contributed by atoms with Gasteiger partial charge in [0.15, 0.2) is 0 Å². The van der Waals surface area contributed by atoms with E-state index in [4.69, 9.17) is 9.47 Å². The van der Waals surface area contributed by atoms with E-state index in [0.717, 1.165) is 24.0 Å². The number of fused-ring (bicyclic) bond motifs is 1. The number of carbonyl (C=O) groups excluding carboxylic acids is 1. The van der Waals surface area contributed by atoms with Gasteiger partial charge in [0.25, 0.3) is 0 Å². The van der Waals surface area contributed by atoms with Crippen molar-refractivity contribution in [2.45, 2.75) is 57.8 Å². The minimum atomic E-state index is -1.00. The molecule has 11 heteroatoms. The molecule has 0 radical (unpaired) electrons. The predicted molar refractivity (Wildman–Crippen MR) is 158 cm³/mol. The summed E-state index contributed by atoms with van der Waals surface area (Å²) in [5.74, 6) is 1.45. The van der Waals surface area contributed by atoms with Crippen LogP contribution in [-0.4, -0.2) is 60.5 Å². The summed E-state index contributed by atoms with van der Waals surface area (Å²) in [6, 6.07) is 11.3. The average Bonchev–Trinajstić information content (AvgIpc) is 2.99. The molecule has 1 fully saturated rings. The lowest BCUT2D eigenvalue weighted by molar-refractivity contribution is 0.123. The van der Waals surface area contributed by atoms with Crippen molar-refractivity contribution >= 4 is 29.3 Å². The van der Waals surface area contributed by atoms with E-state index in [1.54, 1.807) is 51.4 Å². The zero-order valence-electron chi connectivity index (χ0n) is 24.3. The summed E-state index contributed by atoms with van der Waals surface area (Å²) in [5.41, 5.74) is 3.26. The Bertz CT molecular complexity index is 1460. The van der Waals surface area contributed by atoms with Crippen molar-refractivity contribution in [2.24, 2.45) is 0 Å². The van der Waals surface area contributed by atoms with Crippen molar-refractivity contribution < 1.29 is 28.6 Å². The second-order valence-electron chi connectivity index (χ2n) is 10.7. The van der Waals surface area contributed by atoms with Crippen molar-refractivity contribution in [3.63, 3.8) is 0 Å². The van der Waals surface area contributed by atoms with Crippen molar-refractivity contribution in [3.05, 3.63) is 71.2 Å². The van der Waals surface area contributed by atoms with E-state index >= 15 is 4.39 Å². The van der Waals surface area contributed by atoms with Gasteiger partial charge < -0.3 is 24.8 Å². The number of anilines is 3. The number of methoxy groups -OCH3 is 2. The number of carbonyl (C=O) groups is 2. The molecule has 0 saturated heterocycles. The van der Waals surface area contributed by atoms with E-state index in [2.05, 4.69) is 10.3 Å². The van der Waals surface area contributed by atoms with Crippen LogP contribution in [0.4, 0.5) is 31.2 Å². The Morgan fingerprint density at radius 1 is 1.19 bits per heavy atom. The standard InChI is InChI=1S/C31H36FN5O5/c1-19-7-5-10-25(32)29(19)36-18-21-17-34-28(33-16-20-11-12-24(41-3)14-27(20)42-4)15-26(21)37(30(36)38)23-9-6-8-22(13-23)35(2)31(39)40/h5,7,10-12,14-15,17,22-23H,6,8-9,13,16,18H2,1-4H3,(H,33,34)(H,39,40). The van der Waals surface area contributed by atoms with Crippen LogP contribution in [0.15, 0.2) is 48.7 Å². The van der Waals surface area contributed by atoms with Crippen molar-refractivity contribution in [1.82, 2.24) is 9.88 Å². The Morgan fingerprint density at radius 3 is 2.71 bits per heavy atom. The largest absolute Gasteiger partial charge is 0.497 e. The zero-order chi connectivity index (χ0) is 30.0. The zero-order valence-corrected chi connectivity index (χ0v) is 24.3. The molecule has 1 saturated carbocycles. The molecule has 2 N–H and O–H groups in total. The van der Waals surface area contributed by atoms with Gasteiger partial charge in [0.05, 0.1) is 32.1 Å². The number of hydrogen-bond donors (Lipinski definition) is 2. The van der Waals surface area contributed by atoms with E-state index in [9.17, 15) is 14.7 Å². The monoisotopic (exact) mass is 577 g/mol. The maximum atomic E-state index is 15.1. The van der Waals surface area contributed by atoms with Gasteiger partial charge >= 0.3 is 12.1 Å². The van der Waals surface area contributed by atoms with Crippen LogP contribution in [0.5, 0.6) is 11.5 Å². The molecule has 1 aromatic heterocycles. The number of urea groups is 1. The lowest BCUT2D eigenvalue weighted by Crippen LogP contribution is -2.55. The minimum absolute atomic E-state index is 0.164. The number of halogens is 1. The van der Waals surface area contributed by atoms with Gasteiger partial charge in [-0.05, 0) is 56.4 Å². The van der Waals surface area contributed by atoms with E-state index in [0.29, 0.717) is 48.0 Å². The van der Waals surface area contributed by atoms with Crippen molar-refractivity contribution in [2.75, 3.05) is 36.4 Å². The van der Waals surface area contributed by atoms with Crippen LogP contribution in [0.2, 0.25) is 0 Å². The van der Waals surface area contributed by atoms with Crippen LogP contribution in [0.25, 0.3) is 0 Å². The summed E-state index contributed by atoms with van der Waals surface area (Å²) in [6.45, 7) is 2.36. The second kappa shape index (κ2) is 12.1. The first-order valence-corrected chi connectivity index (χ1v) is 14.0. The summed E-state index contributed by atoms with van der Waals surface area (Å²) < 4.78 is 25.9. The maximum Gasteiger partial charge on any atom is 0.407 e. The van der Waals surface area contributed by atoms with Crippen LogP contribution in [0, 0.1) is 12.7 Å². The Labute approximate surface area is 244 Å². The quantitative estimate of drug-likeness (QED) is 0.337. The molecule has 0 bridgehead atoms. The summed E-state index contributed by atoms with van der Waals surface area (Å²) in [5, 5.41) is 12.9. The molecule has 1 aliphatic carbocycles. The van der Waals surface area contributed by atoms with E-state index < -0.39 is 11.9 Å². The molecule has 3 amide bonds. The molecule has 2 heterocycles. The molecule has 0 spiro atoms. The SMILES string of the molecule is COc1ccc(CNc2cc3c(cn2)CN(c2c(C)cccc2F)C(=O)N3C2CCCC(N(C)C(=O)O)C2)c(OC)c1. The minimum Gasteiger partial charge on any atom is -0.497 e. The maximum absolute atomic E-state index is 15.1. The Hall–Kier alpha value is -4.54. The molecule has 10 nitrogen and oxygen atoms in total. The number of para-hydroxylation sites is 1. The third kappa shape index (κ3) is 5.63. The first kappa shape index (κ1) is 29.0. The van der Waals surface area contributed by atoms with E-state index in [1.165, 1.54) is 15.9 Å².